The minimum Gasteiger partial charge on any atom is -0.383 e. The van der Waals surface area contributed by atoms with Gasteiger partial charge in [0, 0.05) is 26.7 Å². The van der Waals surface area contributed by atoms with Crippen molar-refractivity contribution in [1.82, 2.24) is 15.5 Å². The van der Waals surface area contributed by atoms with Crippen molar-refractivity contribution in [3.05, 3.63) is 0 Å². The summed E-state index contributed by atoms with van der Waals surface area (Å²) in [4.78, 5) is 7.11. The van der Waals surface area contributed by atoms with Crippen LogP contribution in [0.1, 0.15) is 26.7 Å². The summed E-state index contributed by atoms with van der Waals surface area (Å²) in [5, 5.41) is 6.51. The van der Waals surface area contributed by atoms with E-state index in [1.54, 1.807) is 7.11 Å². The van der Waals surface area contributed by atoms with E-state index in [1.807, 2.05) is 0 Å². The monoisotopic (exact) mass is 270 g/mol. The fourth-order valence-corrected chi connectivity index (χ4v) is 2.20. The molecule has 1 aliphatic heterocycles. The molecule has 2 N–H and O–H groups in total. The van der Waals surface area contributed by atoms with Gasteiger partial charge in [-0.05, 0) is 38.8 Å². The molecular formula is C14H30N4O. The molecule has 1 rings (SSSR count). The predicted molar refractivity (Wildman–Crippen MR) is 80.7 cm³/mol. The predicted octanol–water partition coefficient (Wildman–Crippen LogP) is 0.920. The van der Waals surface area contributed by atoms with Crippen LogP contribution in [0.4, 0.5) is 0 Å². The summed E-state index contributed by atoms with van der Waals surface area (Å²) >= 11 is 0. The summed E-state index contributed by atoms with van der Waals surface area (Å²) in [7, 11) is 1.71. The van der Waals surface area contributed by atoms with E-state index in [4.69, 9.17) is 4.74 Å². The van der Waals surface area contributed by atoms with Crippen LogP contribution in [0.2, 0.25) is 0 Å². The average molecular weight is 270 g/mol. The van der Waals surface area contributed by atoms with E-state index in [2.05, 4.69) is 34.4 Å². The van der Waals surface area contributed by atoms with Crippen molar-refractivity contribution in [1.29, 1.82) is 0 Å². The van der Waals surface area contributed by atoms with Crippen molar-refractivity contribution in [2.45, 2.75) is 26.7 Å². The van der Waals surface area contributed by atoms with Crippen LogP contribution in [-0.2, 0) is 4.74 Å². The second kappa shape index (κ2) is 10.0. The molecule has 5 heteroatoms. The maximum Gasteiger partial charge on any atom is 0.191 e. The second-order valence-corrected chi connectivity index (χ2v) is 5.20. The standard InChI is InChI=1S/C14H30N4O/c1-4-15-14(17-8-12-19-3)16-7-11-18-9-5-13(2)6-10-18/h13H,4-12H2,1-3H3,(H2,15,16,17). The molecule has 1 heterocycles. The number of ether oxygens (including phenoxy) is 1. The molecule has 0 aliphatic carbocycles. The van der Waals surface area contributed by atoms with E-state index in [1.165, 1.54) is 25.9 Å². The molecule has 0 atom stereocenters. The van der Waals surface area contributed by atoms with Crippen LogP contribution in [0.15, 0.2) is 4.99 Å². The van der Waals surface area contributed by atoms with Crippen LogP contribution in [-0.4, -0.2) is 63.8 Å². The van der Waals surface area contributed by atoms with Gasteiger partial charge in [0.05, 0.1) is 13.2 Å². The number of nitrogens with zero attached hydrogens (tertiary/aromatic N) is 2. The fourth-order valence-electron chi connectivity index (χ4n) is 2.20. The first-order valence-electron chi connectivity index (χ1n) is 7.49. The van der Waals surface area contributed by atoms with Gasteiger partial charge in [0.15, 0.2) is 5.96 Å². The van der Waals surface area contributed by atoms with Crippen molar-refractivity contribution < 1.29 is 4.74 Å². The minimum atomic E-state index is 0.703. The Labute approximate surface area is 117 Å². The molecule has 0 aromatic heterocycles. The molecule has 5 nitrogen and oxygen atoms in total. The molecule has 1 fully saturated rings. The molecule has 0 bridgehead atoms. The first-order valence-corrected chi connectivity index (χ1v) is 7.49. The highest BCUT2D eigenvalue weighted by atomic mass is 16.5. The molecule has 19 heavy (non-hydrogen) atoms. The van der Waals surface area contributed by atoms with Crippen LogP contribution in [0, 0.1) is 5.92 Å². The highest BCUT2D eigenvalue weighted by molar-refractivity contribution is 5.79. The maximum atomic E-state index is 5.03. The summed E-state index contributed by atoms with van der Waals surface area (Å²) in [6, 6.07) is 0. The third-order valence-electron chi connectivity index (χ3n) is 3.51. The molecule has 0 spiro atoms. The van der Waals surface area contributed by atoms with Crippen molar-refractivity contribution >= 4 is 5.96 Å². The number of guanidine groups is 1. The maximum absolute atomic E-state index is 5.03. The van der Waals surface area contributed by atoms with Gasteiger partial charge in [0.25, 0.3) is 0 Å². The molecular weight excluding hydrogens is 240 g/mol. The van der Waals surface area contributed by atoms with Gasteiger partial charge in [-0.25, -0.2) is 0 Å². The van der Waals surface area contributed by atoms with Gasteiger partial charge in [-0.2, -0.15) is 0 Å². The summed E-state index contributed by atoms with van der Waals surface area (Å²) in [5.74, 6) is 1.79. The lowest BCUT2D eigenvalue weighted by Crippen LogP contribution is -2.40. The third-order valence-corrected chi connectivity index (χ3v) is 3.51. The van der Waals surface area contributed by atoms with Crippen molar-refractivity contribution in [2.24, 2.45) is 10.9 Å². The van der Waals surface area contributed by atoms with Gasteiger partial charge in [-0.15, -0.1) is 0 Å². The number of nitrogens with one attached hydrogen (secondary N) is 2. The summed E-state index contributed by atoms with van der Waals surface area (Å²) in [5.41, 5.74) is 0. The Bertz CT molecular complexity index is 250. The summed E-state index contributed by atoms with van der Waals surface area (Å²) in [6.45, 7) is 11.2. The molecule has 0 unspecified atom stereocenters. The largest absolute Gasteiger partial charge is 0.383 e. The van der Waals surface area contributed by atoms with Gasteiger partial charge in [0.1, 0.15) is 0 Å². The molecule has 1 saturated heterocycles. The summed E-state index contributed by atoms with van der Waals surface area (Å²) in [6.07, 6.45) is 2.66. The Hall–Kier alpha value is -0.810. The van der Waals surface area contributed by atoms with Crippen LogP contribution in [0.25, 0.3) is 0 Å². The van der Waals surface area contributed by atoms with Crippen LogP contribution < -0.4 is 10.6 Å². The molecule has 1 aliphatic rings. The van der Waals surface area contributed by atoms with E-state index in [0.717, 1.165) is 38.1 Å². The van der Waals surface area contributed by atoms with E-state index < -0.39 is 0 Å². The summed E-state index contributed by atoms with van der Waals surface area (Å²) < 4.78 is 5.03. The lowest BCUT2D eigenvalue weighted by molar-refractivity contribution is 0.197. The molecule has 0 amide bonds. The van der Waals surface area contributed by atoms with E-state index >= 15 is 0 Å². The Morgan fingerprint density at radius 2 is 2.05 bits per heavy atom. The Morgan fingerprint density at radius 1 is 1.32 bits per heavy atom. The highest BCUT2D eigenvalue weighted by Gasteiger charge is 2.14. The lowest BCUT2D eigenvalue weighted by atomic mass is 9.99. The van der Waals surface area contributed by atoms with Gasteiger partial charge < -0.3 is 20.3 Å². The van der Waals surface area contributed by atoms with Crippen molar-refractivity contribution in [3.63, 3.8) is 0 Å². The molecule has 0 radical (unpaired) electrons. The zero-order chi connectivity index (χ0) is 13.9. The molecule has 0 aromatic carbocycles. The van der Waals surface area contributed by atoms with Gasteiger partial charge in [-0.3, -0.25) is 4.99 Å². The number of hydrogen-bond donors (Lipinski definition) is 2. The Morgan fingerprint density at radius 3 is 2.68 bits per heavy atom. The Kier molecular flexibility index (Phi) is 8.58. The first kappa shape index (κ1) is 16.2. The number of piperidine rings is 1. The number of rotatable bonds is 7. The van der Waals surface area contributed by atoms with Gasteiger partial charge in [-0.1, -0.05) is 6.92 Å². The third kappa shape index (κ3) is 7.38. The first-order chi connectivity index (χ1) is 9.26. The quantitative estimate of drug-likeness (QED) is 0.410. The van der Waals surface area contributed by atoms with Gasteiger partial charge >= 0.3 is 0 Å². The lowest BCUT2D eigenvalue weighted by Gasteiger charge is -2.29. The van der Waals surface area contributed by atoms with Crippen molar-refractivity contribution in [2.75, 3.05) is 53.0 Å². The average Bonchev–Trinajstić information content (AvgIpc) is 2.41. The van der Waals surface area contributed by atoms with Crippen LogP contribution >= 0.6 is 0 Å². The fraction of sp³-hybridized carbons (Fsp3) is 0.929. The zero-order valence-corrected chi connectivity index (χ0v) is 12.7. The van der Waals surface area contributed by atoms with Crippen LogP contribution in [0.3, 0.4) is 0 Å². The van der Waals surface area contributed by atoms with E-state index in [9.17, 15) is 0 Å². The second-order valence-electron chi connectivity index (χ2n) is 5.20. The molecule has 112 valence electrons. The van der Waals surface area contributed by atoms with E-state index in [0.29, 0.717) is 6.61 Å². The highest BCUT2D eigenvalue weighted by Crippen LogP contribution is 2.15. The van der Waals surface area contributed by atoms with Crippen LogP contribution in [0.5, 0.6) is 0 Å². The van der Waals surface area contributed by atoms with E-state index in [-0.39, 0.29) is 0 Å². The van der Waals surface area contributed by atoms with Crippen molar-refractivity contribution in [3.8, 4) is 0 Å². The van der Waals surface area contributed by atoms with Gasteiger partial charge in [0.2, 0.25) is 0 Å². The minimum absolute atomic E-state index is 0.703. The Balaban J connectivity index is 2.22. The topological polar surface area (TPSA) is 48.9 Å². The smallest absolute Gasteiger partial charge is 0.191 e. The zero-order valence-electron chi connectivity index (χ0n) is 12.7. The molecule has 0 aromatic rings. The number of methoxy groups -OCH3 is 1. The normalized spacial score (nSPS) is 18.6. The molecule has 0 saturated carbocycles. The number of hydrogen-bond acceptors (Lipinski definition) is 3. The number of likely N-dealkylation sites (tertiary alicyclic amines) is 1. The SMILES string of the molecule is CCNC(=NCCN1CCC(C)CC1)NCCOC. The number of aliphatic imine (C=N–C) groups is 1.